The van der Waals surface area contributed by atoms with Crippen LogP contribution < -0.4 is 27.0 Å². The van der Waals surface area contributed by atoms with Crippen LogP contribution in [-0.4, -0.2) is 86.8 Å². The van der Waals surface area contributed by atoms with Crippen LogP contribution in [0.3, 0.4) is 0 Å². The van der Waals surface area contributed by atoms with E-state index in [2.05, 4.69) is 21.3 Å². The number of aromatic hydroxyl groups is 1. The molecule has 37 heavy (non-hydrogen) atoms. The van der Waals surface area contributed by atoms with E-state index in [4.69, 9.17) is 22.3 Å². The number of hydrogen-bond donors (Lipinski definition) is 6. The Balaban J connectivity index is 2.18. The summed E-state index contributed by atoms with van der Waals surface area (Å²) in [6.45, 7) is 3.06. The summed E-state index contributed by atoms with van der Waals surface area (Å²) in [5.41, 5.74) is 6.24. The summed E-state index contributed by atoms with van der Waals surface area (Å²) in [6.07, 6.45) is 2.01. The number of Topliss-reactive ketones (excluding diaryl/α,β-unsaturated/α-hetero) is 1. The highest BCUT2D eigenvalue weighted by molar-refractivity contribution is 5.87. The molecule has 0 heterocycles. The van der Waals surface area contributed by atoms with E-state index >= 15 is 0 Å². The summed E-state index contributed by atoms with van der Waals surface area (Å²) in [7, 11) is 5.53. The first-order chi connectivity index (χ1) is 17.7. The number of carbonyl (C=O) groups is 4. The largest absolute Gasteiger partial charge is 0.508 e. The number of amides is 3. The highest BCUT2D eigenvalue weighted by atomic mass is 16.5. The zero-order valence-electron chi connectivity index (χ0n) is 21.3. The highest BCUT2D eigenvalue weighted by Gasteiger charge is 2.20. The summed E-state index contributed by atoms with van der Waals surface area (Å²) in [6, 6.07) is 5.02. The Morgan fingerprint density at radius 3 is 2.32 bits per heavy atom. The number of ketones is 1. The van der Waals surface area contributed by atoms with Crippen LogP contribution in [0.15, 0.2) is 24.3 Å². The molecule has 206 valence electrons. The van der Waals surface area contributed by atoms with Gasteiger partial charge in [0.05, 0.1) is 38.4 Å². The predicted octanol–water partition coefficient (Wildman–Crippen LogP) is -0.970. The molecule has 0 spiro atoms. The molecule has 2 radical (unpaired) electrons. The van der Waals surface area contributed by atoms with Crippen molar-refractivity contribution in [1.82, 2.24) is 21.3 Å². The molecule has 1 aromatic carbocycles. The number of carbonyl (C=O) groups excluding carboxylic acids is 4. The molecule has 0 saturated heterocycles. The molecule has 1 rings (SSSR count). The third kappa shape index (κ3) is 15.6. The molecule has 1 aromatic rings. The van der Waals surface area contributed by atoms with Crippen molar-refractivity contribution in [2.45, 2.75) is 44.7 Å². The maximum absolute atomic E-state index is 12.5. The summed E-state index contributed by atoms with van der Waals surface area (Å²) in [4.78, 5) is 46.8. The van der Waals surface area contributed by atoms with Gasteiger partial charge in [0, 0.05) is 27.1 Å². The molecule has 0 fully saturated rings. The van der Waals surface area contributed by atoms with Gasteiger partial charge in [-0.05, 0) is 43.4 Å². The second kappa shape index (κ2) is 19.1. The number of nitrogens with two attached hydrogens (primary N) is 1. The van der Waals surface area contributed by atoms with Crippen molar-refractivity contribution in [1.29, 1.82) is 0 Å². The number of nitrogens with one attached hydrogen (secondary N) is 4. The number of unbranched alkanes of at least 4 members (excludes halogenated alkanes) is 1. The van der Waals surface area contributed by atoms with Crippen molar-refractivity contribution >= 4 is 23.5 Å². The molecule has 0 bridgehead atoms. The molecular weight excluding hydrogens is 482 g/mol. The van der Waals surface area contributed by atoms with Crippen molar-refractivity contribution in [2.75, 3.05) is 46.1 Å². The van der Waals surface area contributed by atoms with Gasteiger partial charge in [0.15, 0.2) is 5.78 Å². The standard InChI is InChI=1S/C25H39N5O7/c1-18(31)28-11-12-36-13-14-37-17-24(34)29-10-4-3-5-21(27-2)23(33)16-30-22(25(26)35)15-19-6-8-20(32)9-7-19/h2,6-9,21-22,27,30,32H,3-5,10-17H2,1H3,(H2,26,35)(H,28,31)(H,29,34)/t21-,22-/m0/s1. The van der Waals surface area contributed by atoms with Crippen LogP contribution >= 0.6 is 0 Å². The lowest BCUT2D eigenvalue weighted by Gasteiger charge is -2.19. The van der Waals surface area contributed by atoms with Crippen LogP contribution in [0.1, 0.15) is 31.7 Å². The molecule has 0 aromatic heterocycles. The van der Waals surface area contributed by atoms with Crippen LogP contribution in [0, 0.1) is 7.05 Å². The van der Waals surface area contributed by atoms with Gasteiger partial charge >= 0.3 is 0 Å². The normalized spacial score (nSPS) is 12.5. The van der Waals surface area contributed by atoms with E-state index < -0.39 is 18.0 Å². The monoisotopic (exact) mass is 521 g/mol. The maximum atomic E-state index is 12.5. The van der Waals surface area contributed by atoms with E-state index in [1.165, 1.54) is 19.1 Å². The van der Waals surface area contributed by atoms with Gasteiger partial charge in [0.2, 0.25) is 17.7 Å². The fourth-order valence-electron chi connectivity index (χ4n) is 3.26. The van der Waals surface area contributed by atoms with Crippen molar-refractivity contribution < 1.29 is 33.8 Å². The van der Waals surface area contributed by atoms with Crippen molar-refractivity contribution in [3.8, 4) is 5.75 Å². The lowest BCUT2D eigenvalue weighted by molar-refractivity contribution is -0.126. The lowest BCUT2D eigenvalue weighted by atomic mass is 10.0. The quantitative estimate of drug-likeness (QED) is 0.0876. The first-order valence-corrected chi connectivity index (χ1v) is 12.2. The number of ether oxygens (including phenoxy) is 2. The minimum Gasteiger partial charge on any atom is -0.508 e. The summed E-state index contributed by atoms with van der Waals surface area (Å²) >= 11 is 0. The number of benzene rings is 1. The van der Waals surface area contributed by atoms with Gasteiger partial charge in [-0.1, -0.05) is 12.1 Å². The summed E-state index contributed by atoms with van der Waals surface area (Å²) < 4.78 is 10.5. The van der Waals surface area contributed by atoms with Gasteiger partial charge < -0.3 is 36.3 Å². The minimum absolute atomic E-state index is 0.0859. The highest BCUT2D eigenvalue weighted by Crippen LogP contribution is 2.11. The van der Waals surface area contributed by atoms with Gasteiger partial charge in [-0.3, -0.25) is 24.5 Å². The van der Waals surface area contributed by atoms with E-state index in [0.717, 1.165) is 5.56 Å². The van der Waals surface area contributed by atoms with Crippen molar-refractivity contribution in [2.24, 2.45) is 5.73 Å². The Morgan fingerprint density at radius 1 is 0.973 bits per heavy atom. The average molecular weight is 522 g/mol. The van der Waals surface area contributed by atoms with Crippen molar-refractivity contribution in [3.05, 3.63) is 36.9 Å². The Morgan fingerprint density at radius 2 is 1.68 bits per heavy atom. The van der Waals surface area contributed by atoms with Crippen LogP contribution in [0.5, 0.6) is 5.75 Å². The molecule has 12 nitrogen and oxygen atoms in total. The number of primary amides is 1. The van der Waals surface area contributed by atoms with Gasteiger partial charge in [-0.15, -0.1) is 0 Å². The number of phenolic OH excluding ortho intramolecular Hbond substituents is 1. The minimum atomic E-state index is -0.750. The van der Waals surface area contributed by atoms with Crippen LogP contribution in [0.2, 0.25) is 0 Å². The third-order valence-corrected chi connectivity index (χ3v) is 5.30. The van der Waals surface area contributed by atoms with E-state index in [9.17, 15) is 24.3 Å². The maximum Gasteiger partial charge on any atom is 0.245 e. The molecule has 0 saturated carbocycles. The Labute approximate surface area is 218 Å². The smallest absolute Gasteiger partial charge is 0.245 e. The van der Waals surface area contributed by atoms with E-state index in [-0.39, 0.29) is 49.5 Å². The SMILES string of the molecule is [CH]N[C@@H](CCCCNC(=O)COCCOCCNC(C)=O)C(=O)CN[C@@H](Cc1ccc(O)cc1)C(N)=O. The first kappa shape index (κ1) is 32.0. The molecule has 12 heteroatoms. The Hall–Kier alpha value is -3.06. The molecule has 2 atom stereocenters. The molecule has 7 N–H and O–H groups in total. The van der Waals surface area contributed by atoms with Gasteiger partial charge in [0.1, 0.15) is 12.4 Å². The average Bonchev–Trinajstić information content (AvgIpc) is 2.86. The number of rotatable bonds is 21. The molecule has 0 aliphatic carbocycles. The second-order valence-electron chi connectivity index (χ2n) is 8.39. The van der Waals surface area contributed by atoms with Gasteiger partial charge in [0.25, 0.3) is 0 Å². The van der Waals surface area contributed by atoms with Gasteiger partial charge in [-0.2, -0.15) is 0 Å². The zero-order chi connectivity index (χ0) is 27.5. The topological polar surface area (TPSA) is 181 Å². The van der Waals surface area contributed by atoms with Crippen molar-refractivity contribution in [3.63, 3.8) is 0 Å². The second-order valence-corrected chi connectivity index (χ2v) is 8.39. The van der Waals surface area contributed by atoms with E-state index in [1.807, 2.05) is 0 Å². The molecule has 0 aliphatic rings. The van der Waals surface area contributed by atoms with Gasteiger partial charge in [-0.25, -0.2) is 0 Å². The Bertz CT molecular complexity index is 835. The summed E-state index contributed by atoms with van der Waals surface area (Å²) in [5, 5.41) is 20.1. The van der Waals surface area contributed by atoms with Crippen LogP contribution in [0.4, 0.5) is 0 Å². The summed E-state index contributed by atoms with van der Waals surface area (Å²) in [5.74, 6) is -1.06. The molecule has 0 aliphatic heterocycles. The lowest BCUT2D eigenvalue weighted by Crippen LogP contribution is -2.48. The zero-order valence-corrected chi connectivity index (χ0v) is 21.3. The van der Waals surface area contributed by atoms with E-state index in [0.29, 0.717) is 45.6 Å². The third-order valence-electron chi connectivity index (χ3n) is 5.30. The Kier molecular flexibility index (Phi) is 16.5. The predicted molar refractivity (Wildman–Crippen MR) is 136 cm³/mol. The van der Waals surface area contributed by atoms with Crippen LogP contribution in [0.25, 0.3) is 0 Å². The fourth-order valence-corrected chi connectivity index (χ4v) is 3.26. The molecular formula is C25H39N5O7. The fraction of sp³-hybridized carbons (Fsp3) is 0.560. The molecule has 0 unspecified atom stereocenters. The number of phenols is 1. The number of hydrogen-bond acceptors (Lipinski definition) is 9. The first-order valence-electron chi connectivity index (χ1n) is 12.2. The molecule has 3 amide bonds. The van der Waals surface area contributed by atoms with E-state index in [1.54, 1.807) is 12.1 Å². The van der Waals surface area contributed by atoms with Crippen LogP contribution in [-0.2, 0) is 35.1 Å².